The van der Waals surface area contributed by atoms with Crippen molar-refractivity contribution in [2.24, 2.45) is 0 Å². The Morgan fingerprint density at radius 2 is 1.80 bits per heavy atom. The zero-order chi connectivity index (χ0) is 27.2. The summed E-state index contributed by atoms with van der Waals surface area (Å²) in [5, 5.41) is 20.5. The van der Waals surface area contributed by atoms with Gasteiger partial charge in [0.25, 0.3) is 11.2 Å². The molecule has 0 amide bonds. The summed E-state index contributed by atoms with van der Waals surface area (Å²) in [4.78, 5) is 29.3. The molecule has 0 saturated heterocycles. The third-order valence-electron chi connectivity index (χ3n) is 6.38. The van der Waals surface area contributed by atoms with Gasteiger partial charge in [0.1, 0.15) is 12.3 Å². The third kappa shape index (κ3) is 4.16. The van der Waals surface area contributed by atoms with Crippen molar-refractivity contribution in [3.05, 3.63) is 121 Å². The van der Waals surface area contributed by atoms with Crippen LogP contribution in [-0.4, -0.2) is 35.9 Å². The highest BCUT2D eigenvalue weighted by atomic mass is 32.1. The molecule has 1 atom stereocenters. The minimum absolute atomic E-state index is 0.0509. The summed E-state index contributed by atoms with van der Waals surface area (Å²) < 4.78 is 15.1. The van der Waals surface area contributed by atoms with E-state index in [1.165, 1.54) is 28.0 Å². The summed E-state index contributed by atoms with van der Waals surface area (Å²) >= 11 is 1.19. The van der Waals surface area contributed by atoms with Gasteiger partial charge in [-0.15, -0.1) is 5.10 Å². The minimum atomic E-state index is -0.543. The molecule has 0 radical (unpaired) electrons. The molecule has 0 saturated carbocycles. The van der Waals surface area contributed by atoms with Gasteiger partial charge in [0.05, 0.1) is 15.1 Å². The summed E-state index contributed by atoms with van der Waals surface area (Å²) in [5.41, 5.74) is 2.09. The van der Waals surface area contributed by atoms with Gasteiger partial charge in [-0.2, -0.15) is 14.6 Å². The van der Waals surface area contributed by atoms with Crippen molar-refractivity contribution < 1.29 is 14.4 Å². The molecule has 7 rings (SSSR count). The van der Waals surface area contributed by atoms with Crippen LogP contribution in [0.5, 0.6) is 11.5 Å². The van der Waals surface area contributed by atoms with Crippen LogP contribution in [0.15, 0.2) is 89.9 Å². The van der Waals surface area contributed by atoms with E-state index >= 15 is 0 Å². The van der Waals surface area contributed by atoms with Crippen molar-refractivity contribution in [2.75, 3.05) is 6.61 Å². The number of fused-ring (bicyclic) bond motifs is 2. The fourth-order valence-corrected chi connectivity index (χ4v) is 5.38. The van der Waals surface area contributed by atoms with Gasteiger partial charge in [-0.25, -0.2) is 4.68 Å². The first-order chi connectivity index (χ1) is 19.5. The molecule has 1 aliphatic heterocycles. The number of ether oxygens (including phenoxy) is 2. The molecular formula is C28H18N6O5S. The van der Waals surface area contributed by atoms with Gasteiger partial charge in [0.2, 0.25) is 4.96 Å². The zero-order valence-electron chi connectivity index (χ0n) is 20.6. The third-order valence-corrected chi connectivity index (χ3v) is 7.33. The summed E-state index contributed by atoms with van der Waals surface area (Å²) in [7, 11) is 0. The number of rotatable bonds is 5. The molecule has 0 bridgehead atoms. The lowest BCUT2D eigenvalue weighted by atomic mass is 10.1. The number of nitro benzene ring substituents is 1. The second kappa shape index (κ2) is 9.43. The lowest BCUT2D eigenvalue weighted by molar-refractivity contribution is -0.384. The molecule has 0 spiro atoms. The van der Waals surface area contributed by atoms with Crippen LogP contribution in [0.2, 0.25) is 0 Å². The van der Waals surface area contributed by atoms with Crippen LogP contribution in [0.25, 0.3) is 28.0 Å². The molecular weight excluding hydrogens is 532 g/mol. The maximum absolute atomic E-state index is 13.3. The fourth-order valence-electron chi connectivity index (χ4n) is 4.47. The van der Waals surface area contributed by atoms with E-state index in [-0.39, 0.29) is 17.9 Å². The van der Waals surface area contributed by atoms with Crippen molar-refractivity contribution in [2.45, 2.75) is 6.10 Å². The number of benzene rings is 3. The Kier molecular flexibility index (Phi) is 5.60. The number of non-ortho nitro benzene ring substituents is 1. The van der Waals surface area contributed by atoms with Gasteiger partial charge < -0.3 is 9.47 Å². The Hall–Kier alpha value is -5.36. The van der Waals surface area contributed by atoms with E-state index < -0.39 is 11.0 Å². The van der Waals surface area contributed by atoms with Crippen LogP contribution < -0.4 is 19.6 Å². The lowest BCUT2D eigenvalue weighted by Gasteiger charge is -2.24. The van der Waals surface area contributed by atoms with Crippen LogP contribution in [-0.2, 0) is 0 Å². The molecule has 1 aliphatic rings. The first kappa shape index (κ1) is 23.7. The smallest absolute Gasteiger partial charge is 0.291 e. The van der Waals surface area contributed by atoms with Crippen molar-refractivity contribution in [3.63, 3.8) is 0 Å². The number of nitrogens with zero attached hydrogens (tertiary/aromatic N) is 6. The minimum Gasteiger partial charge on any atom is -0.485 e. The van der Waals surface area contributed by atoms with Crippen LogP contribution in [0, 0.1) is 10.1 Å². The average molecular weight is 551 g/mol. The van der Waals surface area contributed by atoms with Crippen molar-refractivity contribution in [1.82, 2.24) is 24.4 Å². The number of hydrogen-bond donors (Lipinski definition) is 0. The number of para-hydroxylation sites is 3. The molecule has 1 unspecified atom stereocenters. The monoisotopic (exact) mass is 550 g/mol. The first-order valence-electron chi connectivity index (χ1n) is 12.2. The van der Waals surface area contributed by atoms with Crippen LogP contribution in [0.4, 0.5) is 5.69 Å². The number of hydrogen-bond acceptors (Lipinski definition) is 9. The summed E-state index contributed by atoms with van der Waals surface area (Å²) in [6.07, 6.45) is 2.95. The lowest BCUT2D eigenvalue weighted by Crippen LogP contribution is -2.26. The Morgan fingerprint density at radius 1 is 1.00 bits per heavy atom. The van der Waals surface area contributed by atoms with Crippen LogP contribution in [0.1, 0.15) is 17.5 Å². The Balaban J connectivity index is 1.30. The van der Waals surface area contributed by atoms with Gasteiger partial charge in [-0.05, 0) is 30.3 Å². The van der Waals surface area contributed by atoms with Crippen molar-refractivity contribution >= 4 is 28.1 Å². The molecule has 0 aliphatic carbocycles. The normalized spacial score (nSPS) is 15.0. The maximum Gasteiger partial charge on any atom is 0.291 e. The molecule has 12 heteroatoms. The zero-order valence-corrected chi connectivity index (χ0v) is 21.4. The van der Waals surface area contributed by atoms with Crippen molar-refractivity contribution in [3.8, 4) is 28.4 Å². The molecule has 11 nitrogen and oxygen atoms in total. The van der Waals surface area contributed by atoms with E-state index in [4.69, 9.17) is 14.6 Å². The first-order valence-corrected chi connectivity index (χ1v) is 13.0. The Labute approximate surface area is 229 Å². The summed E-state index contributed by atoms with van der Waals surface area (Å²) in [6.45, 7) is 0.229. The topological polar surface area (TPSA) is 127 Å². The highest BCUT2D eigenvalue weighted by Crippen LogP contribution is 2.35. The standard InChI is InChI=1S/C28H18N6O5S/c35-27-24(40-28-29-26(31-33(27)28)23-16-38-21-11-4-5-12-22(21)39-23)14-18-15-32(19-8-2-1-3-9-19)30-25(18)17-7-6-10-20(13-17)34(36)37/h1-15,23H,16H2/b24-14-. The van der Waals surface area contributed by atoms with Gasteiger partial charge in [0, 0.05) is 29.5 Å². The second-order valence-electron chi connectivity index (χ2n) is 8.97. The molecule has 3 aromatic carbocycles. The molecule has 40 heavy (non-hydrogen) atoms. The Morgan fingerprint density at radius 3 is 2.60 bits per heavy atom. The molecule has 196 valence electrons. The van der Waals surface area contributed by atoms with Crippen molar-refractivity contribution in [1.29, 1.82) is 0 Å². The second-order valence-corrected chi connectivity index (χ2v) is 9.97. The fraction of sp³-hybridized carbons (Fsp3) is 0.0714. The SMILES string of the molecule is O=c1/c(=C/c2cn(-c3ccccc3)nc2-c2cccc([N+](=O)[O-])c2)sc2nc(C3COc4ccccc4O3)nn12. The van der Waals surface area contributed by atoms with Gasteiger partial charge in [-0.1, -0.05) is 53.8 Å². The highest BCUT2D eigenvalue weighted by Gasteiger charge is 2.27. The van der Waals surface area contributed by atoms with Crippen LogP contribution in [0.3, 0.4) is 0 Å². The number of aromatic nitrogens is 5. The quantitative estimate of drug-likeness (QED) is 0.233. The van der Waals surface area contributed by atoms with Gasteiger partial charge in [0.15, 0.2) is 23.4 Å². The predicted molar refractivity (Wildman–Crippen MR) is 147 cm³/mol. The van der Waals surface area contributed by atoms with E-state index in [2.05, 4.69) is 10.1 Å². The summed E-state index contributed by atoms with van der Waals surface area (Å²) in [6, 6.07) is 23.1. The Bertz CT molecular complexity index is 2020. The molecule has 0 N–H and O–H groups in total. The van der Waals surface area contributed by atoms with Crippen LogP contribution >= 0.6 is 11.3 Å². The van der Waals surface area contributed by atoms with E-state index in [1.807, 2.05) is 48.5 Å². The van der Waals surface area contributed by atoms with E-state index in [9.17, 15) is 14.9 Å². The molecule has 6 aromatic rings. The predicted octanol–water partition coefficient (Wildman–Crippen LogP) is 3.97. The molecule has 0 fully saturated rings. The highest BCUT2D eigenvalue weighted by molar-refractivity contribution is 7.15. The van der Waals surface area contributed by atoms with E-state index in [0.717, 1.165) is 5.69 Å². The number of nitro groups is 1. The van der Waals surface area contributed by atoms with E-state index in [1.54, 1.807) is 35.2 Å². The van der Waals surface area contributed by atoms with E-state index in [0.29, 0.717) is 43.6 Å². The van der Waals surface area contributed by atoms with Gasteiger partial charge in [-0.3, -0.25) is 14.9 Å². The number of thiazole rings is 1. The summed E-state index contributed by atoms with van der Waals surface area (Å²) in [5.74, 6) is 1.60. The molecule has 4 heterocycles. The maximum atomic E-state index is 13.3. The average Bonchev–Trinajstić information content (AvgIpc) is 3.68. The largest absolute Gasteiger partial charge is 0.485 e. The van der Waals surface area contributed by atoms with Gasteiger partial charge >= 0.3 is 0 Å². The molecule has 3 aromatic heterocycles.